The van der Waals surface area contributed by atoms with Gasteiger partial charge in [0.15, 0.2) is 0 Å². The zero-order valence-corrected chi connectivity index (χ0v) is 9.99. The molecule has 2 heterocycles. The molecule has 1 aromatic heterocycles. The van der Waals surface area contributed by atoms with Crippen LogP contribution in [0.3, 0.4) is 0 Å². The van der Waals surface area contributed by atoms with E-state index < -0.39 is 0 Å². The number of nitrogens with zero attached hydrogens (tertiary/aromatic N) is 2. The van der Waals surface area contributed by atoms with Crippen LogP contribution in [0.2, 0.25) is 0 Å². The number of rotatable bonds is 3. The third-order valence-electron chi connectivity index (χ3n) is 3.25. The molecule has 16 heavy (non-hydrogen) atoms. The molecule has 0 bridgehead atoms. The first-order valence-electron chi connectivity index (χ1n) is 5.90. The molecule has 0 atom stereocenters. The topological polar surface area (TPSA) is 46.9 Å². The van der Waals surface area contributed by atoms with Crippen molar-refractivity contribution in [2.24, 2.45) is 13.0 Å². The molecular weight excluding hydrogens is 202 g/mol. The van der Waals surface area contributed by atoms with Gasteiger partial charge in [0.2, 0.25) is 0 Å². The van der Waals surface area contributed by atoms with E-state index in [4.69, 9.17) is 0 Å². The van der Waals surface area contributed by atoms with Gasteiger partial charge in [-0.15, -0.1) is 0 Å². The molecule has 0 amide bonds. The number of nitrogens with one attached hydrogen (secondary N) is 1. The Balaban J connectivity index is 1.98. The third-order valence-corrected chi connectivity index (χ3v) is 3.25. The summed E-state index contributed by atoms with van der Waals surface area (Å²) in [4.78, 5) is 12.1. The van der Waals surface area contributed by atoms with Crippen molar-refractivity contribution >= 4 is 5.78 Å². The summed E-state index contributed by atoms with van der Waals surface area (Å²) in [6, 6.07) is 2.00. The van der Waals surface area contributed by atoms with Crippen LogP contribution in [-0.4, -0.2) is 28.7 Å². The number of hydrogen-bond donors (Lipinski definition) is 1. The molecule has 1 N–H and O–H groups in total. The molecule has 0 aliphatic carbocycles. The molecule has 1 aromatic rings. The van der Waals surface area contributed by atoms with Crippen molar-refractivity contribution in [1.82, 2.24) is 15.1 Å². The number of aromatic nitrogens is 2. The van der Waals surface area contributed by atoms with Crippen molar-refractivity contribution in [3.05, 3.63) is 17.5 Å². The maximum absolute atomic E-state index is 12.1. The van der Waals surface area contributed by atoms with Gasteiger partial charge in [-0.2, -0.15) is 5.10 Å². The van der Waals surface area contributed by atoms with Crippen LogP contribution in [0.15, 0.2) is 6.07 Å². The summed E-state index contributed by atoms with van der Waals surface area (Å²) in [5.74, 6) is 0.612. The second-order valence-corrected chi connectivity index (χ2v) is 4.57. The predicted octanol–water partition coefficient (Wildman–Crippen LogP) is 0.840. The zero-order chi connectivity index (χ0) is 11.5. The van der Waals surface area contributed by atoms with Crippen molar-refractivity contribution in [2.45, 2.75) is 26.2 Å². The summed E-state index contributed by atoms with van der Waals surface area (Å²) in [6.07, 6.45) is 2.49. The highest BCUT2D eigenvalue weighted by Crippen LogP contribution is 2.15. The molecule has 0 unspecified atom stereocenters. The van der Waals surface area contributed by atoms with Gasteiger partial charge in [-0.3, -0.25) is 9.48 Å². The average Bonchev–Trinajstić information content (AvgIpc) is 2.59. The molecule has 0 spiro atoms. The first-order chi connectivity index (χ1) is 7.66. The Kier molecular flexibility index (Phi) is 3.39. The van der Waals surface area contributed by atoms with Gasteiger partial charge in [0.25, 0.3) is 0 Å². The van der Waals surface area contributed by atoms with Gasteiger partial charge in [-0.25, -0.2) is 0 Å². The number of aryl methyl sites for hydroxylation is 2. The van der Waals surface area contributed by atoms with E-state index in [1.807, 2.05) is 24.7 Å². The summed E-state index contributed by atoms with van der Waals surface area (Å²) in [7, 11) is 1.90. The Morgan fingerprint density at radius 1 is 1.56 bits per heavy atom. The minimum atomic E-state index is 0.247. The van der Waals surface area contributed by atoms with Crippen LogP contribution in [-0.2, 0) is 18.3 Å². The molecule has 1 aliphatic heterocycles. The largest absolute Gasteiger partial charge is 0.317 e. The second-order valence-electron chi connectivity index (χ2n) is 4.57. The molecule has 0 aromatic carbocycles. The smallest absolute Gasteiger partial charge is 0.141 e. The number of Topliss-reactive ketones (excluding diaryl/α,β-unsaturated/α-hetero) is 1. The van der Waals surface area contributed by atoms with Gasteiger partial charge >= 0.3 is 0 Å². The van der Waals surface area contributed by atoms with Crippen molar-refractivity contribution in [3.63, 3.8) is 0 Å². The van der Waals surface area contributed by atoms with E-state index in [9.17, 15) is 4.79 Å². The van der Waals surface area contributed by atoms with E-state index in [1.54, 1.807) is 0 Å². The predicted molar refractivity (Wildman–Crippen MR) is 62.2 cm³/mol. The van der Waals surface area contributed by atoms with E-state index in [0.717, 1.165) is 37.3 Å². The third kappa shape index (κ3) is 2.50. The van der Waals surface area contributed by atoms with Crippen LogP contribution in [0.1, 0.15) is 24.2 Å². The van der Waals surface area contributed by atoms with E-state index in [-0.39, 0.29) is 5.92 Å². The lowest BCUT2D eigenvalue weighted by Crippen LogP contribution is -2.32. The molecule has 2 rings (SSSR count). The molecule has 1 fully saturated rings. The Hall–Kier alpha value is -1.16. The minimum Gasteiger partial charge on any atom is -0.317 e. The molecular formula is C12H19N3O. The van der Waals surface area contributed by atoms with Crippen molar-refractivity contribution < 1.29 is 4.79 Å². The fraction of sp³-hybridized carbons (Fsp3) is 0.667. The van der Waals surface area contributed by atoms with Crippen LogP contribution in [0, 0.1) is 12.8 Å². The van der Waals surface area contributed by atoms with Crippen molar-refractivity contribution in [2.75, 3.05) is 13.1 Å². The van der Waals surface area contributed by atoms with Gasteiger partial charge in [0.1, 0.15) is 5.78 Å². The van der Waals surface area contributed by atoms with E-state index in [0.29, 0.717) is 12.2 Å². The number of hydrogen-bond acceptors (Lipinski definition) is 3. The highest BCUT2D eigenvalue weighted by molar-refractivity contribution is 5.83. The van der Waals surface area contributed by atoms with Gasteiger partial charge in [0.05, 0.1) is 5.69 Å². The molecule has 1 saturated heterocycles. The van der Waals surface area contributed by atoms with Gasteiger partial charge in [0, 0.05) is 25.1 Å². The Morgan fingerprint density at radius 3 is 2.81 bits per heavy atom. The maximum Gasteiger partial charge on any atom is 0.141 e. The first kappa shape index (κ1) is 11.3. The van der Waals surface area contributed by atoms with Crippen LogP contribution in [0.4, 0.5) is 0 Å². The maximum atomic E-state index is 12.1. The van der Waals surface area contributed by atoms with E-state index in [2.05, 4.69) is 10.4 Å². The van der Waals surface area contributed by atoms with Crippen molar-refractivity contribution in [3.8, 4) is 0 Å². The Bertz CT molecular complexity index is 378. The highest BCUT2D eigenvalue weighted by Gasteiger charge is 2.21. The normalized spacial score (nSPS) is 17.6. The van der Waals surface area contributed by atoms with Crippen LogP contribution in [0.25, 0.3) is 0 Å². The molecule has 0 radical (unpaired) electrons. The molecule has 1 aliphatic rings. The lowest BCUT2D eigenvalue weighted by molar-refractivity contribution is -0.123. The Morgan fingerprint density at radius 2 is 2.25 bits per heavy atom. The monoisotopic (exact) mass is 221 g/mol. The summed E-state index contributed by atoms with van der Waals surface area (Å²) < 4.78 is 1.81. The number of piperidine rings is 1. The second kappa shape index (κ2) is 4.78. The van der Waals surface area contributed by atoms with E-state index in [1.165, 1.54) is 0 Å². The molecule has 88 valence electrons. The quantitative estimate of drug-likeness (QED) is 0.822. The zero-order valence-electron chi connectivity index (χ0n) is 9.99. The summed E-state index contributed by atoms with van der Waals surface area (Å²) >= 11 is 0. The molecule has 4 nitrogen and oxygen atoms in total. The van der Waals surface area contributed by atoms with E-state index >= 15 is 0 Å². The number of carbonyl (C=O) groups is 1. The first-order valence-corrected chi connectivity index (χ1v) is 5.90. The van der Waals surface area contributed by atoms with Gasteiger partial charge in [-0.1, -0.05) is 0 Å². The van der Waals surface area contributed by atoms with Crippen LogP contribution in [0.5, 0.6) is 0 Å². The lowest BCUT2D eigenvalue weighted by atomic mass is 9.91. The number of carbonyl (C=O) groups excluding carboxylic acids is 1. The van der Waals surface area contributed by atoms with Crippen LogP contribution < -0.4 is 5.32 Å². The highest BCUT2D eigenvalue weighted by atomic mass is 16.1. The minimum absolute atomic E-state index is 0.247. The SMILES string of the molecule is Cc1cc(CC(=O)C2CCNCC2)n(C)n1. The standard InChI is InChI=1S/C12H19N3O/c1-9-7-11(15(2)14-9)8-12(16)10-3-5-13-6-4-10/h7,10,13H,3-6,8H2,1-2H3. The lowest BCUT2D eigenvalue weighted by Gasteiger charge is -2.21. The molecule has 0 saturated carbocycles. The van der Waals surface area contributed by atoms with Crippen molar-refractivity contribution in [1.29, 1.82) is 0 Å². The van der Waals surface area contributed by atoms with Gasteiger partial charge in [-0.05, 0) is 38.9 Å². The molecule has 4 heteroatoms. The average molecular weight is 221 g/mol. The summed E-state index contributed by atoms with van der Waals surface area (Å²) in [5, 5.41) is 7.54. The number of ketones is 1. The fourth-order valence-corrected chi connectivity index (χ4v) is 2.30. The fourth-order valence-electron chi connectivity index (χ4n) is 2.30. The summed E-state index contributed by atoms with van der Waals surface area (Å²) in [6.45, 7) is 3.90. The summed E-state index contributed by atoms with van der Waals surface area (Å²) in [5.41, 5.74) is 2.01. The van der Waals surface area contributed by atoms with Gasteiger partial charge < -0.3 is 5.32 Å². The van der Waals surface area contributed by atoms with Crippen LogP contribution >= 0.6 is 0 Å². The Labute approximate surface area is 96.0 Å².